The average Bonchev–Trinajstić information content (AvgIpc) is 2.92. The maximum absolute atomic E-state index is 3.59. The summed E-state index contributed by atoms with van der Waals surface area (Å²) >= 11 is 0. The molecule has 0 aliphatic carbocycles. The second kappa shape index (κ2) is 5.51. The van der Waals surface area contributed by atoms with Crippen molar-refractivity contribution in [1.82, 2.24) is 10.3 Å². The quantitative estimate of drug-likeness (QED) is 0.721. The summed E-state index contributed by atoms with van der Waals surface area (Å²) in [6.07, 6.45) is 1.98. The van der Waals surface area contributed by atoms with Crippen LogP contribution in [0.2, 0.25) is 0 Å². The highest BCUT2D eigenvalue weighted by Crippen LogP contribution is 2.17. The van der Waals surface area contributed by atoms with Crippen molar-refractivity contribution in [3.8, 4) is 0 Å². The lowest BCUT2D eigenvalue weighted by Gasteiger charge is -2.15. The average molecular weight is 264 g/mol. The number of fused-ring (bicyclic) bond motifs is 1. The summed E-state index contributed by atoms with van der Waals surface area (Å²) in [5.74, 6) is 0. The highest BCUT2D eigenvalue weighted by atomic mass is 14.9. The third kappa shape index (κ3) is 2.75. The molecule has 1 heterocycles. The van der Waals surface area contributed by atoms with Gasteiger partial charge >= 0.3 is 0 Å². The molecular formula is C18H20N2. The van der Waals surface area contributed by atoms with Gasteiger partial charge in [0.2, 0.25) is 0 Å². The molecule has 0 spiro atoms. The summed E-state index contributed by atoms with van der Waals surface area (Å²) in [6.45, 7) is 5.22. The van der Waals surface area contributed by atoms with Crippen molar-refractivity contribution in [3.63, 3.8) is 0 Å². The van der Waals surface area contributed by atoms with E-state index in [0.717, 1.165) is 6.54 Å². The van der Waals surface area contributed by atoms with Crippen molar-refractivity contribution in [2.75, 3.05) is 0 Å². The summed E-state index contributed by atoms with van der Waals surface area (Å²) in [5.41, 5.74) is 5.15. The number of aryl methyl sites for hydroxylation is 1. The summed E-state index contributed by atoms with van der Waals surface area (Å²) in [4.78, 5) is 3.26. The summed E-state index contributed by atoms with van der Waals surface area (Å²) in [7, 11) is 0. The Kier molecular flexibility index (Phi) is 3.57. The van der Waals surface area contributed by atoms with E-state index in [1.165, 1.54) is 27.6 Å². The zero-order valence-electron chi connectivity index (χ0n) is 12.0. The van der Waals surface area contributed by atoms with Crippen LogP contribution in [0.1, 0.15) is 29.7 Å². The van der Waals surface area contributed by atoms with Gasteiger partial charge in [-0.25, -0.2) is 0 Å². The van der Waals surface area contributed by atoms with Crippen LogP contribution in [0.15, 0.2) is 54.7 Å². The molecule has 2 heteroatoms. The molecule has 3 rings (SSSR count). The first-order chi connectivity index (χ1) is 9.72. The normalized spacial score (nSPS) is 12.7. The molecule has 0 bridgehead atoms. The second-order valence-electron chi connectivity index (χ2n) is 5.42. The summed E-state index contributed by atoms with van der Waals surface area (Å²) in [5, 5.41) is 4.85. The van der Waals surface area contributed by atoms with Crippen molar-refractivity contribution in [2.45, 2.75) is 26.4 Å². The Morgan fingerprint density at radius 1 is 1.10 bits per heavy atom. The predicted molar refractivity (Wildman–Crippen MR) is 84.7 cm³/mol. The number of rotatable bonds is 4. The number of aromatic amines is 1. The van der Waals surface area contributed by atoms with Gasteiger partial charge in [0.05, 0.1) is 0 Å². The molecule has 0 saturated heterocycles. The van der Waals surface area contributed by atoms with Gasteiger partial charge < -0.3 is 10.3 Å². The van der Waals surface area contributed by atoms with Gasteiger partial charge in [0.1, 0.15) is 0 Å². The van der Waals surface area contributed by atoms with E-state index in [-0.39, 0.29) is 0 Å². The van der Waals surface area contributed by atoms with Gasteiger partial charge in [-0.15, -0.1) is 0 Å². The molecular weight excluding hydrogens is 244 g/mol. The Bertz CT molecular complexity index is 712. The van der Waals surface area contributed by atoms with Gasteiger partial charge in [0.15, 0.2) is 0 Å². The fraction of sp³-hybridized carbons (Fsp3) is 0.222. The van der Waals surface area contributed by atoms with Crippen molar-refractivity contribution >= 4 is 10.9 Å². The van der Waals surface area contributed by atoms with Gasteiger partial charge in [-0.1, -0.05) is 42.0 Å². The van der Waals surface area contributed by atoms with E-state index in [4.69, 9.17) is 0 Å². The first kappa shape index (κ1) is 12.9. The van der Waals surface area contributed by atoms with Crippen LogP contribution in [0.25, 0.3) is 10.9 Å². The molecule has 0 aliphatic heterocycles. The topological polar surface area (TPSA) is 27.8 Å². The number of nitrogens with one attached hydrogen (secondary N) is 2. The highest BCUT2D eigenvalue weighted by Gasteiger charge is 2.05. The molecule has 0 fully saturated rings. The van der Waals surface area contributed by atoms with Crippen LogP contribution in [0.3, 0.4) is 0 Å². The van der Waals surface area contributed by atoms with E-state index >= 15 is 0 Å². The molecule has 1 aromatic heterocycles. The van der Waals surface area contributed by atoms with Crippen LogP contribution in [0.4, 0.5) is 0 Å². The maximum atomic E-state index is 3.59. The number of benzene rings is 2. The van der Waals surface area contributed by atoms with E-state index in [0.29, 0.717) is 6.04 Å². The van der Waals surface area contributed by atoms with Gasteiger partial charge in [0, 0.05) is 24.3 Å². The predicted octanol–water partition coefficient (Wildman–Crippen LogP) is 4.33. The van der Waals surface area contributed by atoms with E-state index in [2.05, 4.69) is 72.7 Å². The van der Waals surface area contributed by atoms with Crippen LogP contribution in [-0.4, -0.2) is 4.98 Å². The molecule has 102 valence electrons. The van der Waals surface area contributed by atoms with Gasteiger partial charge in [-0.3, -0.25) is 0 Å². The number of H-pyrrole nitrogens is 1. The van der Waals surface area contributed by atoms with E-state index in [9.17, 15) is 0 Å². The molecule has 2 N–H and O–H groups in total. The van der Waals surface area contributed by atoms with E-state index < -0.39 is 0 Å². The zero-order valence-corrected chi connectivity index (χ0v) is 12.0. The molecule has 3 aromatic rings. The third-order valence-corrected chi connectivity index (χ3v) is 3.77. The van der Waals surface area contributed by atoms with Crippen LogP contribution < -0.4 is 5.32 Å². The van der Waals surface area contributed by atoms with Gasteiger partial charge in [-0.05, 0) is 42.5 Å². The van der Waals surface area contributed by atoms with Crippen molar-refractivity contribution in [2.24, 2.45) is 0 Å². The SMILES string of the molecule is Cc1cccc([C@H](C)NCc2ccc3cc[nH]c3c2)c1. The van der Waals surface area contributed by atoms with Crippen molar-refractivity contribution in [1.29, 1.82) is 0 Å². The Labute approximate surface area is 119 Å². The molecule has 0 radical (unpaired) electrons. The molecule has 0 saturated carbocycles. The Morgan fingerprint density at radius 2 is 2.00 bits per heavy atom. The maximum Gasteiger partial charge on any atom is 0.0457 e. The third-order valence-electron chi connectivity index (χ3n) is 3.77. The lowest BCUT2D eigenvalue weighted by molar-refractivity contribution is 0.574. The summed E-state index contributed by atoms with van der Waals surface area (Å²) < 4.78 is 0. The second-order valence-corrected chi connectivity index (χ2v) is 5.42. The molecule has 0 unspecified atom stereocenters. The molecule has 2 nitrogen and oxygen atoms in total. The van der Waals surface area contributed by atoms with Crippen molar-refractivity contribution < 1.29 is 0 Å². The van der Waals surface area contributed by atoms with Gasteiger partial charge in [0.25, 0.3) is 0 Å². The van der Waals surface area contributed by atoms with Crippen LogP contribution in [0, 0.1) is 6.92 Å². The van der Waals surface area contributed by atoms with Gasteiger partial charge in [-0.2, -0.15) is 0 Å². The number of hydrogen-bond acceptors (Lipinski definition) is 1. The van der Waals surface area contributed by atoms with Crippen LogP contribution >= 0.6 is 0 Å². The number of aromatic nitrogens is 1. The monoisotopic (exact) mass is 264 g/mol. The molecule has 2 aromatic carbocycles. The molecule has 0 amide bonds. The van der Waals surface area contributed by atoms with Crippen molar-refractivity contribution in [3.05, 3.63) is 71.4 Å². The largest absolute Gasteiger partial charge is 0.361 e. The zero-order chi connectivity index (χ0) is 13.9. The minimum atomic E-state index is 0.356. The standard InChI is InChI=1S/C18H20N2/c1-13-4-3-5-17(10-13)14(2)20-12-15-6-7-16-8-9-19-18(16)11-15/h3-11,14,19-20H,12H2,1-2H3/t14-/m0/s1. The first-order valence-electron chi connectivity index (χ1n) is 7.08. The summed E-state index contributed by atoms with van der Waals surface area (Å²) in [6, 6.07) is 17.7. The fourth-order valence-electron chi connectivity index (χ4n) is 2.53. The lowest BCUT2D eigenvalue weighted by Crippen LogP contribution is -2.18. The highest BCUT2D eigenvalue weighted by molar-refractivity contribution is 5.79. The molecule has 0 aliphatic rings. The van der Waals surface area contributed by atoms with E-state index in [1.54, 1.807) is 0 Å². The minimum absolute atomic E-state index is 0.356. The molecule has 1 atom stereocenters. The van der Waals surface area contributed by atoms with E-state index in [1.807, 2.05) is 6.20 Å². The van der Waals surface area contributed by atoms with Crippen LogP contribution in [0.5, 0.6) is 0 Å². The number of hydrogen-bond donors (Lipinski definition) is 2. The Morgan fingerprint density at radius 3 is 2.85 bits per heavy atom. The minimum Gasteiger partial charge on any atom is -0.361 e. The Hall–Kier alpha value is -2.06. The lowest BCUT2D eigenvalue weighted by atomic mass is 10.1. The first-order valence-corrected chi connectivity index (χ1v) is 7.08. The molecule has 20 heavy (non-hydrogen) atoms. The fourth-order valence-corrected chi connectivity index (χ4v) is 2.53. The smallest absolute Gasteiger partial charge is 0.0457 e. The van der Waals surface area contributed by atoms with Crippen LogP contribution in [-0.2, 0) is 6.54 Å². The Balaban J connectivity index is 1.69.